The van der Waals surface area contributed by atoms with Crippen LogP contribution in [0.25, 0.3) is 11.0 Å². The lowest BCUT2D eigenvalue weighted by atomic mass is 10.2. The van der Waals surface area contributed by atoms with Crippen LogP contribution in [-0.2, 0) is 24.0 Å². The molecule has 2 heterocycles. The number of amides is 3. The first kappa shape index (κ1) is 18.5. The zero-order valence-corrected chi connectivity index (χ0v) is 14.2. The van der Waals surface area contributed by atoms with E-state index in [2.05, 4.69) is 20.3 Å². The topological polar surface area (TPSA) is 141 Å². The van der Waals surface area contributed by atoms with E-state index in [-0.39, 0.29) is 44.9 Å². The largest absolute Gasteiger partial charge is 0.379 e. The Hall–Kier alpha value is -3.34. The van der Waals surface area contributed by atoms with Gasteiger partial charge in [0.1, 0.15) is 11.0 Å². The van der Waals surface area contributed by atoms with Crippen LogP contribution in [0.15, 0.2) is 22.8 Å². The molecule has 1 aromatic carbocycles. The molecule has 3 rings (SSSR count). The minimum Gasteiger partial charge on any atom is -0.379 e. The number of carbonyl (C=O) groups excluding carboxylic acids is 4. The minimum atomic E-state index is -0.739. The predicted molar refractivity (Wildman–Crippen MR) is 86.8 cm³/mol. The van der Waals surface area contributed by atoms with Crippen molar-refractivity contribution in [3.8, 4) is 0 Å². The number of hydrogen-bond donors (Lipinski definition) is 1. The standard InChI is InChI=1S/C16H16N4O7/c21-13-3-4-14(22)20(13)26-15(23)5-7-25-8-6-17-16(24)10-1-2-11-12(9-10)19-27-18-11/h1-2,9H,3-8H2,(H,17,24). The Bertz CT molecular complexity index is 863. The number of fused-ring (bicyclic) bond motifs is 1. The Kier molecular flexibility index (Phi) is 5.71. The molecule has 0 radical (unpaired) electrons. The van der Waals surface area contributed by atoms with Crippen LogP contribution < -0.4 is 5.32 Å². The number of aromatic nitrogens is 2. The van der Waals surface area contributed by atoms with E-state index in [1.807, 2.05) is 0 Å². The normalized spacial score (nSPS) is 14.0. The number of hydroxylamine groups is 2. The van der Waals surface area contributed by atoms with Gasteiger partial charge in [-0.05, 0) is 28.5 Å². The number of nitrogens with zero attached hydrogens (tertiary/aromatic N) is 3. The van der Waals surface area contributed by atoms with Crippen molar-refractivity contribution >= 4 is 34.7 Å². The van der Waals surface area contributed by atoms with Crippen LogP contribution >= 0.6 is 0 Å². The second kappa shape index (κ2) is 8.36. The lowest BCUT2D eigenvalue weighted by Gasteiger charge is -2.12. The lowest BCUT2D eigenvalue weighted by Crippen LogP contribution is -2.32. The van der Waals surface area contributed by atoms with E-state index in [1.54, 1.807) is 18.2 Å². The van der Waals surface area contributed by atoms with Gasteiger partial charge < -0.3 is 14.9 Å². The first-order valence-electron chi connectivity index (χ1n) is 8.19. The Morgan fingerprint density at radius 3 is 2.63 bits per heavy atom. The Labute approximate surface area is 152 Å². The van der Waals surface area contributed by atoms with E-state index in [0.717, 1.165) is 0 Å². The summed E-state index contributed by atoms with van der Waals surface area (Å²) >= 11 is 0. The Morgan fingerprint density at radius 1 is 1.11 bits per heavy atom. The van der Waals surface area contributed by atoms with Crippen molar-refractivity contribution in [1.82, 2.24) is 20.7 Å². The molecule has 1 aromatic heterocycles. The fourth-order valence-electron chi connectivity index (χ4n) is 2.33. The molecule has 3 amide bonds. The first-order valence-corrected chi connectivity index (χ1v) is 8.19. The number of carbonyl (C=O) groups is 4. The van der Waals surface area contributed by atoms with Crippen LogP contribution in [0, 0.1) is 0 Å². The average molecular weight is 376 g/mol. The third-order valence-electron chi connectivity index (χ3n) is 3.70. The molecule has 0 atom stereocenters. The van der Waals surface area contributed by atoms with Gasteiger partial charge in [-0.25, -0.2) is 9.42 Å². The molecule has 2 aromatic rings. The maximum absolute atomic E-state index is 12.0. The molecule has 11 nitrogen and oxygen atoms in total. The summed E-state index contributed by atoms with van der Waals surface area (Å²) in [7, 11) is 0. The maximum Gasteiger partial charge on any atom is 0.335 e. The molecule has 0 bridgehead atoms. The monoisotopic (exact) mass is 376 g/mol. The van der Waals surface area contributed by atoms with Crippen molar-refractivity contribution in [1.29, 1.82) is 0 Å². The molecule has 1 aliphatic rings. The highest BCUT2D eigenvalue weighted by Crippen LogP contribution is 2.13. The number of nitrogens with one attached hydrogen (secondary N) is 1. The number of benzene rings is 1. The number of ether oxygens (including phenoxy) is 1. The van der Waals surface area contributed by atoms with Crippen LogP contribution in [0.5, 0.6) is 0 Å². The minimum absolute atomic E-state index is 0.0293. The number of imide groups is 1. The zero-order valence-electron chi connectivity index (χ0n) is 14.2. The molecule has 0 unspecified atom stereocenters. The van der Waals surface area contributed by atoms with Crippen molar-refractivity contribution in [2.45, 2.75) is 19.3 Å². The smallest absolute Gasteiger partial charge is 0.335 e. The van der Waals surface area contributed by atoms with Crippen molar-refractivity contribution in [2.24, 2.45) is 0 Å². The van der Waals surface area contributed by atoms with Crippen LogP contribution in [0.4, 0.5) is 0 Å². The van der Waals surface area contributed by atoms with Gasteiger partial charge in [0.15, 0.2) is 0 Å². The van der Waals surface area contributed by atoms with Gasteiger partial charge in [-0.15, -0.1) is 5.06 Å². The second-order valence-corrected chi connectivity index (χ2v) is 5.63. The lowest BCUT2D eigenvalue weighted by molar-refractivity contribution is -0.198. The molecule has 0 saturated carbocycles. The summed E-state index contributed by atoms with van der Waals surface area (Å²) in [5.41, 5.74) is 1.44. The molecule has 0 aliphatic carbocycles. The van der Waals surface area contributed by atoms with Crippen molar-refractivity contribution in [3.05, 3.63) is 23.8 Å². The fraction of sp³-hybridized carbons (Fsp3) is 0.375. The maximum atomic E-state index is 12.0. The third-order valence-corrected chi connectivity index (χ3v) is 3.70. The fourth-order valence-corrected chi connectivity index (χ4v) is 2.33. The van der Waals surface area contributed by atoms with Crippen LogP contribution in [0.1, 0.15) is 29.6 Å². The van der Waals surface area contributed by atoms with Gasteiger partial charge >= 0.3 is 5.97 Å². The van der Waals surface area contributed by atoms with Gasteiger partial charge in [0.05, 0.1) is 19.6 Å². The van der Waals surface area contributed by atoms with E-state index in [4.69, 9.17) is 9.57 Å². The molecule has 1 saturated heterocycles. The highest BCUT2D eigenvalue weighted by Gasteiger charge is 2.32. The molecule has 142 valence electrons. The SMILES string of the molecule is O=C(CCOCCNC(=O)c1ccc2nonc2c1)ON1C(=O)CCC1=O. The van der Waals surface area contributed by atoms with Crippen LogP contribution in [0.2, 0.25) is 0 Å². The molecule has 27 heavy (non-hydrogen) atoms. The summed E-state index contributed by atoms with van der Waals surface area (Å²) in [6, 6.07) is 4.78. The summed E-state index contributed by atoms with van der Waals surface area (Å²) in [4.78, 5) is 50.9. The number of hydrogen-bond acceptors (Lipinski definition) is 9. The number of rotatable bonds is 8. The summed E-state index contributed by atoms with van der Waals surface area (Å²) in [6.07, 6.45) is -0.0360. The summed E-state index contributed by atoms with van der Waals surface area (Å²) in [5, 5.41) is 10.5. The van der Waals surface area contributed by atoms with E-state index >= 15 is 0 Å². The van der Waals surface area contributed by atoms with Crippen molar-refractivity contribution < 1.29 is 33.4 Å². The van der Waals surface area contributed by atoms with E-state index in [1.165, 1.54) is 0 Å². The van der Waals surface area contributed by atoms with Crippen LogP contribution in [0.3, 0.4) is 0 Å². The third kappa shape index (κ3) is 4.64. The molecule has 0 spiro atoms. The van der Waals surface area contributed by atoms with Crippen molar-refractivity contribution in [2.75, 3.05) is 19.8 Å². The molecule has 11 heteroatoms. The van der Waals surface area contributed by atoms with Gasteiger partial charge in [-0.2, -0.15) is 0 Å². The molecular weight excluding hydrogens is 360 g/mol. The highest BCUT2D eigenvalue weighted by molar-refractivity contribution is 6.01. The summed E-state index contributed by atoms with van der Waals surface area (Å²) < 4.78 is 9.79. The molecule has 1 aliphatic heterocycles. The van der Waals surface area contributed by atoms with Gasteiger partial charge in [0.2, 0.25) is 0 Å². The quantitative estimate of drug-likeness (QED) is 0.496. The Balaban J connectivity index is 1.31. The summed E-state index contributed by atoms with van der Waals surface area (Å²) in [6.45, 7) is 0.432. The van der Waals surface area contributed by atoms with Gasteiger partial charge in [-0.3, -0.25) is 14.4 Å². The van der Waals surface area contributed by atoms with E-state index < -0.39 is 17.8 Å². The highest BCUT2D eigenvalue weighted by atomic mass is 16.7. The van der Waals surface area contributed by atoms with Gasteiger partial charge in [-0.1, -0.05) is 0 Å². The first-order chi connectivity index (χ1) is 13.0. The van der Waals surface area contributed by atoms with E-state index in [0.29, 0.717) is 21.7 Å². The molecule has 1 N–H and O–H groups in total. The van der Waals surface area contributed by atoms with Gasteiger partial charge in [0, 0.05) is 24.9 Å². The molecule has 1 fully saturated rings. The molecular formula is C16H16N4O7. The average Bonchev–Trinajstić information content (AvgIpc) is 3.25. The second-order valence-electron chi connectivity index (χ2n) is 5.63. The van der Waals surface area contributed by atoms with Crippen LogP contribution in [-0.4, -0.2) is 58.8 Å². The predicted octanol–water partition coefficient (Wildman–Crippen LogP) is -0.0335. The van der Waals surface area contributed by atoms with Crippen molar-refractivity contribution in [3.63, 3.8) is 0 Å². The zero-order chi connectivity index (χ0) is 19.2. The summed E-state index contributed by atoms with van der Waals surface area (Å²) in [5.74, 6) is -2.11. The Morgan fingerprint density at radius 2 is 1.85 bits per heavy atom. The van der Waals surface area contributed by atoms with Gasteiger partial charge in [0.25, 0.3) is 17.7 Å². The van der Waals surface area contributed by atoms with E-state index in [9.17, 15) is 19.2 Å².